The summed E-state index contributed by atoms with van der Waals surface area (Å²) >= 11 is 0. The molecule has 0 bridgehead atoms. The number of aromatic nitrogens is 5. The molecule has 9 heteroatoms. The number of nitrogens with one attached hydrogen (secondary N) is 2. The van der Waals surface area contributed by atoms with E-state index in [0.717, 1.165) is 46.0 Å². The molecule has 6 rings (SSSR count). The largest absolute Gasteiger partial charge is 0.379 e. The Balaban J connectivity index is 1.22. The topological polar surface area (TPSA) is 101 Å². The maximum Gasteiger partial charge on any atom is 0.244 e. The van der Waals surface area contributed by atoms with Crippen molar-refractivity contribution in [2.45, 2.75) is 0 Å². The normalized spacial score (nSPS) is 14.6. The average Bonchev–Trinajstić information content (AvgIpc) is 3.51. The monoisotopic (exact) mass is 453 g/mol. The highest BCUT2D eigenvalue weighted by atomic mass is 16.5. The fourth-order valence-corrected chi connectivity index (χ4v) is 4.19. The van der Waals surface area contributed by atoms with Crippen LogP contribution in [0.25, 0.3) is 33.1 Å². The van der Waals surface area contributed by atoms with E-state index in [4.69, 9.17) is 9.72 Å². The number of rotatable bonds is 5. The SMILES string of the molecule is O=C(CN1CCOCC1)n1cc2ccc(-c3nccc(Nc4ccc5[nH]ncc5c4)n3)cc2c1. The quantitative estimate of drug-likeness (QED) is 0.419. The van der Waals surface area contributed by atoms with Crippen LogP contribution in [0, 0.1) is 0 Å². The Morgan fingerprint density at radius 1 is 1.03 bits per heavy atom. The van der Waals surface area contributed by atoms with Gasteiger partial charge in [0.25, 0.3) is 0 Å². The van der Waals surface area contributed by atoms with E-state index < -0.39 is 0 Å². The molecule has 2 aromatic carbocycles. The zero-order chi connectivity index (χ0) is 22.9. The lowest BCUT2D eigenvalue weighted by molar-refractivity contribution is 0.0349. The summed E-state index contributed by atoms with van der Waals surface area (Å²) in [6, 6.07) is 13.8. The highest BCUT2D eigenvalue weighted by Gasteiger charge is 2.16. The highest BCUT2D eigenvalue weighted by Crippen LogP contribution is 2.25. The number of aromatic amines is 1. The van der Waals surface area contributed by atoms with Crippen molar-refractivity contribution in [2.75, 3.05) is 38.2 Å². The molecule has 2 N–H and O–H groups in total. The van der Waals surface area contributed by atoms with Gasteiger partial charge < -0.3 is 10.1 Å². The van der Waals surface area contributed by atoms with Crippen molar-refractivity contribution >= 4 is 39.1 Å². The van der Waals surface area contributed by atoms with Gasteiger partial charge in [0.05, 0.1) is 31.5 Å². The van der Waals surface area contributed by atoms with E-state index in [0.29, 0.717) is 31.4 Å². The third-order valence-corrected chi connectivity index (χ3v) is 6.02. The van der Waals surface area contributed by atoms with Crippen molar-refractivity contribution in [3.63, 3.8) is 0 Å². The van der Waals surface area contributed by atoms with E-state index in [1.54, 1.807) is 17.0 Å². The van der Waals surface area contributed by atoms with E-state index in [1.165, 1.54) is 0 Å². The van der Waals surface area contributed by atoms with Crippen LogP contribution < -0.4 is 5.32 Å². The molecule has 5 aromatic rings. The number of H-pyrrole nitrogens is 1. The van der Waals surface area contributed by atoms with Gasteiger partial charge in [-0.1, -0.05) is 12.1 Å². The van der Waals surface area contributed by atoms with E-state index in [-0.39, 0.29) is 5.91 Å². The summed E-state index contributed by atoms with van der Waals surface area (Å²) in [5, 5.41) is 13.3. The van der Waals surface area contributed by atoms with Crippen LogP contribution >= 0.6 is 0 Å². The molecule has 0 spiro atoms. The second kappa shape index (κ2) is 8.69. The van der Waals surface area contributed by atoms with E-state index in [2.05, 4.69) is 25.4 Å². The average molecular weight is 454 g/mol. The standard InChI is InChI=1S/C25H23N7O2/c33-24(16-31-7-9-34-10-8-31)32-14-18-2-1-17(11-20(18)15-32)25-26-6-5-23(29-25)28-21-3-4-22-19(12-21)13-27-30-22/h1-6,11-15H,7-10,16H2,(H,27,30)(H,26,28,29). The Morgan fingerprint density at radius 2 is 1.91 bits per heavy atom. The molecule has 0 unspecified atom stereocenters. The minimum atomic E-state index is 0.0525. The number of fused-ring (bicyclic) bond motifs is 2. The molecule has 170 valence electrons. The predicted molar refractivity (Wildman–Crippen MR) is 130 cm³/mol. The smallest absolute Gasteiger partial charge is 0.244 e. The first-order valence-electron chi connectivity index (χ1n) is 11.2. The van der Waals surface area contributed by atoms with Crippen LogP contribution in [0.2, 0.25) is 0 Å². The van der Waals surface area contributed by atoms with Gasteiger partial charge in [-0.2, -0.15) is 5.10 Å². The number of benzene rings is 2. The fraction of sp³-hybridized carbons (Fsp3) is 0.200. The Hall–Kier alpha value is -4.08. The molecule has 0 radical (unpaired) electrons. The molecular formula is C25H23N7O2. The van der Waals surface area contributed by atoms with Crippen LogP contribution in [-0.2, 0) is 4.74 Å². The van der Waals surface area contributed by atoms with Crippen molar-refractivity contribution in [3.8, 4) is 11.4 Å². The molecule has 1 saturated heterocycles. The zero-order valence-corrected chi connectivity index (χ0v) is 18.4. The van der Waals surface area contributed by atoms with Crippen molar-refractivity contribution in [1.82, 2.24) is 29.6 Å². The number of nitrogens with zero attached hydrogens (tertiary/aromatic N) is 5. The summed E-state index contributed by atoms with van der Waals surface area (Å²) in [5.74, 6) is 1.37. The predicted octanol–water partition coefficient (Wildman–Crippen LogP) is 3.69. The molecule has 0 atom stereocenters. The first kappa shape index (κ1) is 20.5. The summed E-state index contributed by atoms with van der Waals surface area (Å²) < 4.78 is 7.04. The van der Waals surface area contributed by atoms with E-state index >= 15 is 0 Å². The van der Waals surface area contributed by atoms with Gasteiger partial charge >= 0.3 is 0 Å². The minimum absolute atomic E-state index is 0.0525. The van der Waals surface area contributed by atoms with Crippen molar-refractivity contribution in [3.05, 3.63) is 67.3 Å². The molecule has 9 nitrogen and oxygen atoms in total. The highest BCUT2D eigenvalue weighted by molar-refractivity contribution is 5.92. The minimum Gasteiger partial charge on any atom is -0.379 e. The number of ether oxygens (including phenoxy) is 1. The van der Waals surface area contributed by atoms with E-state index in [9.17, 15) is 4.79 Å². The molecule has 0 aliphatic carbocycles. The molecule has 34 heavy (non-hydrogen) atoms. The fourth-order valence-electron chi connectivity index (χ4n) is 4.19. The summed E-state index contributed by atoms with van der Waals surface area (Å²) in [6.07, 6.45) is 7.29. The van der Waals surface area contributed by atoms with E-state index in [1.807, 2.05) is 54.9 Å². The lowest BCUT2D eigenvalue weighted by atomic mass is 10.1. The Morgan fingerprint density at radius 3 is 2.82 bits per heavy atom. The molecule has 1 fully saturated rings. The molecule has 0 saturated carbocycles. The maximum absolute atomic E-state index is 12.8. The van der Waals surface area contributed by atoms with Gasteiger partial charge in [-0.3, -0.25) is 19.4 Å². The Kier molecular flexibility index (Phi) is 5.25. The van der Waals surface area contributed by atoms with Gasteiger partial charge in [0, 0.05) is 53.7 Å². The third kappa shape index (κ3) is 4.14. The summed E-state index contributed by atoms with van der Waals surface area (Å²) in [4.78, 5) is 24.0. The molecule has 4 heterocycles. The van der Waals surface area contributed by atoms with Gasteiger partial charge in [-0.25, -0.2) is 9.97 Å². The second-order valence-corrected chi connectivity index (χ2v) is 8.35. The van der Waals surface area contributed by atoms with Crippen molar-refractivity contribution in [2.24, 2.45) is 0 Å². The number of hydrogen-bond acceptors (Lipinski definition) is 7. The lowest BCUT2D eigenvalue weighted by Gasteiger charge is -2.25. The van der Waals surface area contributed by atoms with Crippen molar-refractivity contribution < 1.29 is 9.53 Å². The lowest BCUT2D eigenvalue weighted by Crippen LogP contribution is -2.40. The van der Waals surface area contributed by atoms with Gasteiger partial charge in [0.1, 0.15) is 5.82 Å². The van der Waals surface area contributed by atoms with Gasteiger partial charge in [-0.15, -0.1) is 0 Å². The van der Waals surface area contributed by atoms with Crippen LogP contribution in [0.4, 0.5) is 11.5 Å². The van der Waals surface area contributed by atoms with Crippen LogP contribution in [0.5, 0.6) is 0 Å². The molecule has 0 amide bonds. The van der Waals surface area contributed by atoms with Gasteiger partial charge in [-0.05, 0) is 35.7 Å². The van der Waals surface area contributed by atoms with Crippen molar-refractivity contribution in [1.29, 1.82) is 0 Å². The first-order chi connectivity index (χ1) is 16.7. The Labute approximate surface area is 195 Å². The summed E-state index contributed by atoms with van der Waals surface area (Å²) in [5.41, 5.74) is 2.79. The molecule has 3 aromatic heterocycles. The Bertz CT molecular complexity index is 1480. The zero-order valence-electron chi connectivity index (χ0n) is 18.4. The van der Waals surface area contributed by atoms with Gasteiger partial charge in [0.2, 0.25) is 5.91 Å². The summed E-state index contributed by atoms with van der Waals surface area (Å²) in [6.45, 7) is 3.31. The molecule has 1 aliphatic heterocycles. The maximum atomic E-state index is 12.8. The van der Waals surface area contributed by atoms with Crippen LogP contribution in [0.3, 0.4) is 0 Å². The third-order valence-electron chi connectivity index (χ3n) is 6.02. The molecular weight excluding hydrogens is 430 g/mol. The number of carbonyl (C=O) groups is 1. The first-order valence-corrected chi connectivity index (χ1v) is 11.2. The second-order valence-electron chi connectivity index (χ2n) is 8.35. The number of hydrogen-bond donors (Lipinski definition) is 2. The number of carbonyl (C=O) groups excluding carboxylic acids is 1. The summed E-state index contributed by atoms with van der Waals surface area (Å²) in [7, 11) is 0. The van der Waals surface area contributed by atoms with Crippen LogP contribution in [0.15, 0.2) is 67.3 Å². The van der Waals surface area contributed by atoms with Crippen LogP contribution in [0.1, 0.15) is 4.79 Å². The van der Waals surface area contributed by atoms with Gasteiger partial charge in [0.15, 0.2) is 5.82 Å². The number of morpholine rings is 1. The van der Waals surface area contributed by atoms with Crippen LogP contribution in [-0.4, -0.2) is 68.4 Å². The molecule has 1 aliphatic rings. The number of anilines is 2.